The van der Waals surface area contributed by atoms with Gasteiger partial charge in [0.1, 0.15) is 11.5 Å². The number of benzene rings is 1. The number of aromatic nitrogens is 1. The van der Waals surface area contributed by atoms with Crippen molar-refractivity contribution < 1.29 is 18.0 Å². The van der Waals surface area contributed by atoms with Gasteiger partial charge in [-0.1, -0.05) is 30.4 Å². The molecule has 0 N–H and O–H groups in total. The van der Waals surface area contributed by atoms with Gasteiger partial charge in [-0.15, -0.1) is 6.58 Å². The number of hydrogen-bond acceptors (Lipinski definition) is 5. The van der Waals surface area contributed by atoms with E-state index in [4.69, 9.17) is 0 Å². The minimum Gasteiger partial charge on any atom is -0.342 e. The van der Waals surface area contributed by atoms with Gasteiger partial charge in [0.2, 0.25) is 5.91 Å². The summed E-state index contributed by atoms with van der Waals surface area (Å²) < 4.78 is 27.7. The lowest BCUT2D eigenvalue weighted by Crippen LogP contribution is -2.42. The van der Waals surface area contributed by atoms with Gasteiger partial charge in [-0.25, -0.2) is 8.42 Å². The first kappa shape index (κ1) is 22.4. The SMILES string of the molecule is C=CCn1c(=NC(=O)CS(=O)(=O)CC(=O)N2CCCC(C)C2)sc2cc(C)ccc21. The third-order valence-electron chi connectivity index (χ3n) is 5.07. The van der Waals surface area contributed by atoms with E-state index in [1.807, 2.05) is 36.6 Å². The van der Waals surface area contributed by atoms with Gasteiger partial charge in [0.25, 0.3) is 5.91 Å². The van der Waals surface area contributed by atoms with Crippen molar-refractivity contribution >= 4 is 43.2 Å². The summed E-state index contributed by atoms with van der Waals surface area (Å²) in [6.07, 6.45) is 3.60. The van der Waals surface area contributed by atoms with Crippen LogP contribution in [0.3, 0.4) is 0 Å². The van der Waals surface area contributed by atoms with Crippen molar-refractivity contribution in [2.45, 2.75) is 33.2 Å². The summed E-state index contributed by atoms with van der Waals surface area (Å²) in [5, 5.41) is 0. The number of aryl methyl sites for hydroxylation is 1. The van der Waals surface area contributed by atoms with E-state index < -0.39 is 33.2 Å². The highest BCUT2D eigenvalue weighted by molar-refractivity contribution is 7.92. The van der Waals surface area contributed by atoms with Crippen molar-refractivity contribution in [2.75, 3.05) is 24.6 Å². The average molecular weight is 450 g/mol. The zero-order chi connectivity index (χ0) is 21.9. The number of hydrogen-bond donors (Lipinski definition) is 0. The highest BCUT2D eigenvalue weighted by Crippen LogP contribution is 2.19. The highest BCUT2D eigenvalue weighted by Gasteiger charge is 2.27. The molecule has 2 amide bonds. The van der Waals surface area contributed by atoms with E-state index in [0.717, 1.165) is 28.6 Å². The zero-order valence-electron chi connectivity index (χ0n) is 17.3. The largest absolute Gasteiger partial charge is 0.342 e. The summed E-state index contributed by atoms with van der Waals surface area (Å²) in [6, 6.07) is 5.92. The lowest BCUT2D eigenvalue weighted by Gasteiger charge is -2.30. The molecule has 9 heteroatoms. The van der Waals surface area contributed by atoms with Gasteiger partial charge >= 0.3 is 0 Å². The van der Waals surface area contributed by atoms with Crippen LogP contribution in [0, 0.1) is 12.8 Å². The number of fused-ring (bicyclic) bond motifs is 1. The van der Waals surface area contributed by atoms with Gasteiger partial charge in [0, 0.05) is 19.6 Å². The van der Waals surface area contributed by atoms with Crippen LogP contribution in [0.1, 0.15) is 25.3 Å². The van der Waals surface area contributed by atoms with E-state index in [1.165, 1.54) is 11.3 Å². The predicted octanol–water partition coefficient (Wildman–Crippen LogP) is 2.30. The fourth-order valence-electron chi connectivity index (χ4n) is 3.64. The molecular formula is C21H27N3O4S2. The molecule has 0 bridgehead atoms. The van der Waals surface area contributed by atoms with Crippen molar-refractivity contribution in [1.82, 2.24) is 9.47 Å². The number of piperidine rings is 1. The van der Waals surface area contributed by atoms with E-state index in [-0.39, 0.29) is 0 Å². The molecule has 1 atom stereocenters. The van der Waals surface area contributed by atoms with Crippen LogP contribution in [0.2, 0.25) is 0 Å². The molecule has 7 nitrogen and oxygen atoms in total. The minimum absolute atomic E-state index is 0.360. The van der Waals surface area contributed by atoms with E-state index in [9.17, 15) is 18.0 Å². The third-order valence-corrected chi connectivity index (χ3v) is 7.48. The molecule has 1 saturated heterocycles. The van der Waals surface area contributed by atoms with Gasteiger partial charge < -0.3 is 9.47 Å². The molecule has 162 valence electrons. The number of carbonyl (C=O) groups is 2. The first-order valence-electron chi connectivity index (χ1n) is 9.95. The molecule has 1 fully saturated rings. The maximum absolute atomic E-state index is 12.4. The Bertz CT molecular complexity index is 1140. The highest BCUT2D eigenvalue weighted by atomic mass is 32.2. The van der Waals surface area contributed by atoms with Gasteiger partial charge in [0.15, 0.2) is 14.6 Å². The summed E-state index contributed by atoms with van der Waals surface area (Å²) in [5.74, 6) is -2.27. The fraction of sp³-hybridized carbons (Fsp3) is 0.476. The normalized spacial score (nSPS) is 18.0. The van der Waals surface area contributed by atoms with Crippen LogP contribution in [-0.2, 0) is 26.0 Å². The molecule has 2 aromatic rings. The van der Waals surface area contributed by atoms with Crippen LogP contribution in [0.4, 0.5) is 0 Å². The molecule has 0 radical (unpaired) electrons. The average Bonchev–Trinajstić information content (AvgIpc) is 2.97. The van der Waals surface area contributed by atoms with Crippen molar-refractivity contribution in [3.63, 3.8) is 0 Å². The Morgan fingerprint density at radius 1 is 1.33 bits per heavy atom. The Hall–Kier alpha value is -2.26. The van der Waals surface area contributed by atoms with E-state index in [0.29, 0.717) is 30.4 Å². The monoisotopic (exact) mass is 449 g/mol. The third kappa shape index (κ3) is 5.46. The number of sulfone groups is 1. The van der Waals surface area contributed by atoms with Crippen LogP contribution < -0.4 is 4.80 Å². The molecule has 0 spiro atoms. The summed E-state index contributed by atoms with van der Waals surface area (Å²) in [6.45, 7) is 9.35. The van der Waals surface area contributed by atoms with Crippen LogP contribution in [0.15, 0.2) is 35.8 Å². The quantitative estimate of drug-likeness (QED) is 0.633. The summed E-state index contributed by atoms with van der Waals surface area (Å²) in [7, 11) is -3.89. The smallest absolute Gasteiger partial charge is 0.263 e. The molecule has 30 heavy (non-hydrogen) atoms. The summed E-state index contributed by atoms with van der Waals surface area (Å²) in [4.78, 5) is 30.9. The minimum atomic E-state index is -3.89. The summed E-state index contributed by atoms with van der Waals surface area (Å²) in [5.41, 5.74) is 2.00. The zero-order valence-corrected chi connectivity index (χ0v) is 19.0. The predicted molar refractivity (Wildman–Crippen MR) is 119 cm³/mol. The first-order chi connectivity index (χ1) is 14.2. The standard InChI is InChI=1S/C21H27N3O4S2/c1-4-9-24-17-8-7-15(2)11-18(17)29-21(24)22-19(25)13-30(27,28)14-20(26)23-10-5-6-16(3)12-23/h4,7-8,11,16H,1,5-6,9-10,12-14H2,2-3H3. The molecule has 1 unspecified atom stereocenters. The van der Waals surface area contributed by atoms with Crippen LogP contribution in [0.25, 0.3) is 10.2 Å². The second-order valence-corrected chi connectivity index (χ2v) is 11.0. The van der Waals surface area contributed by atoms with Crippen molar-refractivity contribution in [3.05, 3.63) is 41.2 Å². The Balaban J connectivity index is 1.78. The molecule has 0 aliphatic carbocycles. The molecule has 0 saturated carbocycles. The molecule has 1 aromatic carbocycles. The topological polar surface area (TPSA) is 88.8 Å². The number of amides is 2. The molecular weight excluding hydrogens is 422 g/mol. The van der Waals surface area contributed by atoms with E-state index in [2.05, 4.69) is 11.6 Å². The first-order valence-corrected chi connectivity index (χ1v) is 12.6. The van der Waals surface area contributed by atoms with Crippen LogP contribution in [-0.4, -0.2) is 54.3 Å². The van der Waals surface area contributed by atoms with Gasteiger partial charge in [-0.3, -0.25) is 9.59 Å². The van der Waals surface area contributed by atoms with Crippen LogP contribution in [0.5, 0.6) is 0 Å². The number of rotatable bonds is 6. The molecule has 1 aliphatic rings. The molecule has 2 heterocycles. The lowest BCUT2D eigenvalue weighted by atomic mass is 10.0. The maximum Gasteiger partial charge on any atom is 0.263 e. The number of carbonyl (C=O) groups excluding carboxylic acids is 2. The fourth-order valence-corrected chi connectivity index (χ4v) is 5.90. The van der Waals surface area contributed by atoms with E-state index >= 15 is 0 Å². The number of allylic oxidation sites excluding steroid dienone is 1. The number of nitrogens with zero attached hydrogens (tertiary/aromatic N) is 3. The number of likely N-dealkylation sites (tertiary alicyclic amines) is 1. The van der Waals surface area contributed by atoms with Crippen molar-refractivity contribution in [2.24, 2.45) is 10.9 Å². The number of thiazole rings is 1. The summed E-state index contributed by atoms with van der Waals surface area (Å²) >= 11 is 1.33. The molecule has 1 aliphatic heterocycles. The Morgan fingerprint density at radius 2 is 2.10 bits per heavy atom. The van der Waals surface area contributed by atoms with E-state index in [1.54, 1.807) is 11.0 Å². The Labute approximate surface area is 180 Å². The maximum atomic E-state index is 12.4. The van der Waals surface area contributed by atoms with Gasteiger partial charge in [0.05, 0.1) is 10.2 Å². The van der Waals surface area contributed by atoms with Gasteiger partial charge in [-0.2, -0.15) is 4.99 Å². The lowest BCUT2D eigenvalue weighted by molar-refractivity contribution is -0.130. The van der Waals surface area contributed by atoms with Crippen molar-refractivity contribution in [1.29, 1.82) is 0 Å². The second kappa shape index (κ2) is 9.26. The molecule has 3 rings (SSSR count). The van der Waals surface area contributed by atoms with Crippen molar-refractivity contribution in [3.8, 4) is 0 Å². The second-order valence-electron chi connectivity index (χ2n) is 7.88. The Morgan fingerprint density at radius 3 is 2.80 bits per heavy atom. The Kier molecular flexibility index (Phi) is 6.92. The van der Waals surface area contributed by atoms with Crippen LogP contribution >= 0.6 is 11.3 Å². The van der Waals surface area contributed by atoms with Gasteiger partial charge in [-0.05, 0) is 43.4 Å². The molecule has 1 aromatic heterocycles.